The average Bonchev–Trinajstić information content (AvgIpc) is 2.21. The Kier molecular flexibility index (Phi) is 7.21. The van der Waals surface area contributed by atoms with E-state index in [0.717, 1.165) is 12.8 Å². The van der Waals surface area contributed by atoms with Crippen LogP contribution in [0.15, 0.2) is 9.74 Å². The van der Waals surface area contributed by atoms with Crippen molar-refractivity contribution < 1.29 is 9.90 Å². The summed E-state index contributed by atoms with van der Waals surface area (Å²) in [5.41, 5.74) is 1.28. The van der Waals surface area contributed by atoms with E-state index in [1.54, 1.807) is 0 Å². The zero-order chi connectivity index (χ0) is 13.5. The van der Waals surface area contributed by atoms with Crippen molar-refractivity contribution in [2.24, 2.45) is 15.2 Å². The molecule has 0 saturated heterocycles. The average molecular weight is 258 g/mol. The van der Waals surface area contributed by atoms with E-state index in [9.17, 15) is 4.79 Å². The quantitative estimate of drug-likeness (QED) is 0.432. The van der Waals surface area contributed by atoms with Gasteiger partial charge in [-0.3, -0.25) is 9.74 Å². The second kappa shape index (κ2) is 7.54. The molecule has 0 heterocycles. The molecule has 0 aliphatic carbocycles. The zero-order valence-corrected chi connectivity index (χ0v) is 12.2. The molecule has 1 N–H and O–H groups in total. The van der Waals surface area contributed by atoms with E-state index in [4.69, 9.17) is 5.11 Å². The van der Waals surface area contributed by atoms with E-state index in [1.807, 2.05) is 0 Å². The number of carbonyl (C=O) groups is 1. The van der Waals surface area contributed by atoms with Crippen molar-refractivity contribution >= 4 is 20.7 Å². The predicted molar refractivity (Wildman–Crippen MR) is 73.4 cm³/mol. The Labute approximate surface area is 106 Å². The van der Waals surface area contributed by atoms with Crippen molar-refractivity contribution in [3.05, 3.63) is 0 Å². The van der Waals surface area contributed by atoms with Crippen LogP contribution in [0.3, 0.4) is 0 Å². The first kappa shape index (κ1) is 16.2. The number of rotatable bonds is 7. The molecule has 0 rings (SSSR count). The van der Waals surface area contributed by atoms with Crippen molar-refractivity contribution in [3.63, 3.8) is 0 Å². The number of carboxylic acids is 1. The van der Waals surface area contributed by atoms with Gasteiger partial charge in [-0.05, 0) is 33.7 Å². The highest BCUT2D eigenvalue weighted by atomic mass is 31.0. The summed E-state index contributed by atoms with van der Waals surface area (Å²) >= 11 is 0. The monoisotopic (exact) mass is 258 g/mol. The van der Waals surface area contributed by atoms with Crippen LogP contribution in [0.4, 0.5) is 0 Å². The van der Waals surface area contributed by atoms with Crippen LogP contribution in [-0.4, -0.2) is 29.4 Å². The first-order valence-corrected chi connectivity index (χ1v) is 6.40. The normalized spacial score (nSPS) is 14.5. The number of aliphatic carboxylic acids is 1. The number of carboxylic acid groups (broad SMARTS) is 1. The summed E-state index contributed by atoms with van der Waals surface area (Å²) in [4.78, 5) is 15.3. The molecule has 1 unspecified atom stereocenters. The van der Waals surface area contributed by atoms with Crippen molar-refractivity contribution in [1.29, 1.82) is 0 Å². The van der Waals surface area contributed by atoms with Gasteiger partial charge in [-0.25, -0.2) is 4.79 Å². The van der Waals surface area contributed by atoms with Gasteiger partial charge in [0, 0.05) is 12.3 Å². The van der Waals surface area contributed by atoms with Crippen LogP contribution in [0.2, 0.25) is 0 Å². The molecule has 0 amide bonds. The van der Waals surface area contributed by atoms with Gasteiger partial charge >= 0.3 is 5.97 Å². The standard InChI is InChI=1S/C12H23N2O2P/c1-5-10(12(2,3)4)13-8-6-7-9(14-17)11(15)16/h9,17H,5-8H2,1-4H3,(H,15,16). The Hall–Kier alpha value is -0.760. The Morgan fingerprint density at radius 1 is 1.41 bits per heavy atom. The minimum absolute atomic E-state index is 0.0976. The van der Waals surface area contributed by atoms with Gasteiger partial charge < -0.3 is 5.11 Å². The lowest BCUT2D eigenvalue weighted by Crippen LogP contribution is -2.20. The highest BCUT2D eigenvalue weighted by Gasteiger charge is 2.17. The highest BCUT2D eigenvalue weighted by molar-refractivity contribution is 7.04. The van der Waals surface area contributed by atoms with Gasteiger partial charge in [-0.2, -0.15) is 0 Å². The van der Waals surface area contributed by atoms with Gasteiger partial charge in [0.2, 0.25) is 0 Å². The third-order valence-corrected chi connectivity index (χ3v) is 2.89. The molecule has 17 heavy (non-hydrogen) atoms. The van der Waals surface area contributed by atoms with Crippen molar-refractivity contribution in [3.8, 4) is 0 Å². The second-order valence-corrected chi connectivity index (χ2v) is 5.32. The lowest BCUT2D eigenvalue weighted by molar-refractivity contribution is -0.138. The van der Waals surface area contributed by atoms with Gasteiger partial charge in [0.1, 0.15) is 0 Å². The van der Waals surface area contributed by atoms with Crippen LogP contribution in [0, 0.1) is 5.41 Å². The highest BCUT2D eigenvalue weighted by Crippen LogP contribution is 2.18. The van der Waals surface area contributed by atoms with Gasteiger partial charge in [0.05, 0.1) is 0 Å². The maximum absolute atomic E-state index is 10.7. The maximum atomic E-state index is 10.7. The third-order valence-electron chi connectivity index (χ3n) is 2.58. The fourth-order valence-electron chi connectivity index (χ4n) is 1.62. The number of hydrogen-bond acceptors (Lipinski definition) is 3. The van der Waals surface area contributed by atoms with Crippen LogP contribution in [0.1, 0.15) is 47.0 Å². The zero-order valence-electron chi connectivity index (χ0n) is 11.2. The smallest absolute Gasteiger partial charge is 0.328 e. The van der Waals surface area contributed by atoms with Crippen molar-refractivity contribution in [2.75, 3.05) is 6.54 Å². The van der Waals surface area contributed by atoms with Crippen LogP contribution in [0.5, 0.6) is 0 Å². The fourth-order valence-corrected chi connectivity index (χ4v) is 1.86. The van der Waals surface area contributed by atoms with E-state index in [2.05, 4.69) is 46.5 Å². The van der Waals surface area contributed by atoms with Gasteiger partial charge in [0.25, 0.3) is 0 Å². The Balaban J connectivity index is 4.17. The molecule has 0 aromatic carbocycles. The first-order chi connectivity index (χ1) is 7.82. The summed E-state index contributed by atoms with van der Waals surface area (Å²) in [7, 11) is 2.90. The van der Waals surface area contributed by atoms with Crippen LogP contribution in [-0.2, 0) is 4.79 Å². The van der Waals surface area contributed by atoms with Gasteiger partial charge in [0.15, 0.2) is 6.04 Å². The summed E-state index contributed by atoms with van der Waals surface area (Å²) in [6.07, 6.45) is 2.20. The number of nitrogens with zero attached hydrogens (tertiary/aromatic N) is 2. The van der Waals surface area contributed by atoms with Gasteiger partial charge in [-0.1, -0.05) is 27.7 Å². The molecule has 0 bridgehead atoms. The molecule has 0 spiro atoms. The van der Waals surface area contributed by atoms with E-state index < -0.39 is 12.0 Å². The number of hydrogen-bond donors (Lipinski definition) is 1. The summed E-state index contributed by atoms with van der Waals surface area (Å²) in [6, 6.07) is -0.665. The minimum Gasteiger partial charge on any atom is -0.480 e. The first-order valence-electron chi connectivity index (χ1n) is 5.96. The fraction of sp³-hybridized carbons (Fsp3) is 0.833. The van der Waals surface area contributed by atoms with Crippen molar-refractivity contribution in [2.45, 2.75) is 53.0 Å². The topological polar surface area (TPSA) is 62.0 Å². The molecular formula is C12H23N2O2P. The largest absolute Gasteiger partial charge is 0.480 e. The Morgan fingerprint density at radius 2 is 2.00 bits per heavy atom. The molecule has 4 nitrogen and oxygen atoms in total. The number of aliphatic imine (C=N–C) groups is 1. The molecule has 0 aromatic heterocycles. The van der Waals surface area contributed by atoms with E-state index in [1.165, 1.54) is 5.71 Å². The summed E-state index contributed by atoms with van der Waals surface area (Å²) in [5, 5.41) is 8.80. The lowest BCUT2D eigenvalue weighted by Gasteiger charge is -2.20. The van der Waals surface area contributed by atoms with E-state index in [0.29, 0.717) is 13.0 Å². The minimum atomic E-state index is -0.893. The molecule has 0 aliphatic rings. The van der Waals surface area contributed by atoms with Crippen LogP contribution < -0.4 is 0 Å². The molecule has 0 fully saturated rings. The van der Waals surface area contributed by atoms with Crippen LogP contribution >= 0.6 is 9.03 Å². The Bertz CT molecular complexity index is 295. The SMILES string of the molecule is CCC(=NCCCC(N=P)C(=O)O)C(C)(C)C. The van der Waals surface area contributed by atoms with E-state index in [-0.39, 0.29) is 5.41 Å². The molecule has 1 atom stereocenters. The second-order valence-electron chi connectivity index (χ2n) is 5.06. The van der Waals surface area contributed by atoms with Crippen molar-refractivity contribution in [1.82, 2.24) is 0 Å². The summed E-state index contributed by atoms with van der Waals surface area (Å²) < 4.78 is 3.63. The molecular weight excluding hydrogens is 235 g/mol. The molecule has 0 saturated carbocycles. The van der Waals surface area contributed by atoms with E-state index >= 15 is 0 Å². The lowest BCUT2D eigenvalue weighted by atomic mass is 9.88. The molecule has 0 aromatic rings. The van der Waals surface area contributed by atoms with Crippen LogP contribution in [0.25, 0.3) is 0 Å². The molecule has 0 radical (unpaired) electrons. The predicted octanol–water partition coefficient (Wildman–Crippen LogP) is 3.44. The Morgan fingerprint density at radius 3 is 2.35 bits per heavy atom. The molecule has 98 valence electrons. The maximum Gasteiger partial charge on any atom is 0.328 e. The molecule has 0 aliphatic heterocycles. The molecule has 5 heteroatoms. The summed E-state index contributed by atoms with van der Waals surface area (Å²) in [6.45, 7) is 9.19. The summed E-state index contributed by atoms with van der Waals surface area (Å²) in [5.74, 6) is -0.893. The van der Waals surface area contributed by atoms with Gasteiger partial charge in [-0.15, -0.1) is 0 Å². The third kappa shape index (κ3) is 6.52.